The first kappa shape index (κ1) is 14.8. The van der Waals surface area contributed by atoms with Gasteiger partial charge in [-0.2, -0.15) is 0 Å². The predicted octanol–water partition coefficient (Wildman–Crippen LogP) is 3.90. The van der Waals surface area contributed by atoms with E-state index in [1.54, 1.807) is 18.2 Å². The van der Waals surface area contributed by atoms with E-state index in [1.807, 2.05) is 24.1 Å². The third-order valence-corrected chi connectivity index (χ3v) is 4.53. The van der Waals surface area contributed by atoms with Crippen molar-refractivity contribution in [2.75, 3.05) is 7.05 Å². The average molecular weight is 297 g/mol. The van der Waals surface area contributed by atoms with Gasteiger partial charge in [0.2, 0.25) is 5.91 Å². The number of carbonyl (C=O) groups is 1. The molecule has 2 aromatic carbocycles. The van der Waals surface area contributed by atoms with E-state index in [0.717, 1.165) is 12.8 Å². The topological polar surface area (TPSA) is 20.3 Å². The summed E-state index contributed by atoms with van der Waals surface area (Å²) < 4.78 is 13.6. The zero-order valence-corrected chi connectivity index (χ0v) is 12.8. The standard InChI is InChI=1S/C19H20FNO/c1-21(18-12-10-14-6-2-4-8-16(14)18)19(22)13-11-15-7-3-5-9-17(15)20/h2-9,18H,10-13H2,1H3. The maximum absolute atomic E-state index is 13.6. The van der Waals surface area contributed by atoms with Crippen molar-refractivity contribution in [3.63, 3.8) is 0 Å². The molecule has 0 saturated carbocycles. The van der Waals surface area contributed by atoms with E-state index >= 15 is 0 Å². The van der Waals surface area contributed by atoms with Crippen LogP contribution in [-0.4, -0.2) is 17.9 Å². The van der Waals surface area contributed by atoms with Crippen LogP contribution in [-0.2, 0) is 17.6 Å². The number of hydrogen-bond donors (Lipinski definition) is 0. The van der Waals surface area contributed by atoms with Gasteiger partial charge in [-0.05, 0) is 42.0 Å². The molecule has 0 fully saturated rings. The minimum absolute atomic E-state index is 0.0740. The van der Waals surface area contributed by atoms with Gasteiger partial charge in [0.15, 0.2) is 0 Å². The number of hydrogen-bond acceptors (Lipinski definition) is 1. The molecule has 0 heterocycles. The summed E-state index contributed by atoms with van der Waals surface area (Å²) in [6.45, 7) is 0. The van der Waals surface area contributed by atoms with Gasteiger partial charge in [-0.25, -0.2) is 4.39 Å². The molecule has 0 aromatic heterocycles. The van der Waals surface area contributed by atoms with Gasteiger partial charge in [-0.1, -0.05) is 42.5 Å². The Hall–Kier alpha value is -2.16. The highest BCUT2D eigenvalue weighted by atomic mass is 19.1. The molecule has 2 nitrogen and oxygen atoms in total. The predicted molar refractivity (Wildman–Crippen MR) is 85.0 cm³/mol. The van der Waals surface area contributed by atoms with Gasteiger partial charge < -0.3 is 4.90 Å². The summed E-state index contributed by atoms with van der Waals surface area (Å²) in [5.41, 5.74) is 3.20. The summed E-state index contributed by atoms with van der Waals surface area (Å²) in [4.78, 5) is 14.3. The number of halogens is 1. The molecule has 3 heteroatoms. The van der Waals surface area contributed by atoms with Gasteiger partial charge in [0.25, 0.3) is 0 Å². The average Bonchev–Trinajstić information content (AvgIpc) is 2.97. The third kappa shape index (κ3) is 2.89. The van der Waals surface area contributed by atoms with E-state index in [2.05, 4.69) is 12.1 Å². The van der Waals surface area contributed by atoms with Crippen LogP contribution in [0.5, 0.6) is 0 Å². The molecule has 0 spiro atoms. The van der Waals surface area contributed by atoms with Crippen molar-refractivity contribution in [3.8, 4) is 0 Å². The number of aryl methyl sites for hydroxylation is 2. The fourth-order valence-electron chi connectivity index (χ4n) is 3.23. The Kier molecular flexibility index (Phi) is 4.23. The van der Waals surface area contributed by atoms with Crippen LogP contribution in [0, 0.1) is 5.82 Å². The second-order valence-corrected chi connectivity index (χ2v) is 5.85. The fraction of sp³-hybridized carbons (Fsp3) is 0.316. The van der Waals surface area contributed by atoms with E-state index < -0.39 is 0 Å². The maximum Gasteiger partial charge on any atom is 0.223 e. The summed E-state index contributed by atoms with van der Waals surface area (Å²) in [6.07, 6.45) is 2.79. The fourth-order valence-corrected chi connectivity index (χ4v) is 3.23. The lowest BCUT2D eigenvalue weighted by Crippen LogP contribution is -2.30. The van der Waals surface area contributed by atoms with Crippen molar-refractivity contribution < 1.29 is 9.18 Å². The molecule has 0 radical (unpaired) electrons. The van der Waals surface area contributed by atoms with Crippen molar-refractivity contribution in [1.82, 2.24) is 4.90 Å². The highest BCUT2D eigenvalue weighted by molar-refractivity contribution is 5.77. The lowest BCUT2D eigenvalue weighted by atomic mass is 10.1. The molecule has 22 heavy (non-hydrogen) atoms. The van der Waals surface area contributed by atoms with Crippen LogP contribution in [0.1, 0.15) is 35.6 Å². The zero-order valence-electron chi connectivity index (χ0n) is 12.8. The smallest absolute Gasteiger partial charge is 0.223 e. The molecule has 0 bridgehead atoms. The molecule has 3 rings (SSSR count). The Morgan fingerprint density at radius 2 is 1.91 bits per heavy atom. The van der Waals surface area contributed by atoms with Gasteiger partial charge in [-0.3, -0.25) is 4.79 Å². The Balaban J connectivity index is 1.65. The Bertz CT molecular complexity index is 683. The van der Waals surface area contributed by atoms with Crippen molar-refractivity contribution in [2.24, 2.45) is 0 Å². The van der Waals surface area contributed by atoms with E-state index in [4.69, 9.17) is 0 Å². The van der Waals surface area contributed by atoms with Crippen molar-refractivity contribution in [3.05, 3.63) is 71.0 Å². The lowest BCUT2D eigenvalue weighted by Gasteiger charge is -2.25. The number of rotatable bonds is 4. The van der Waals surface area contributed by atoms with Crippen molar-refractivity contribution in [1.29, 1.82) is 0 Å². The van der Waals surface area contributed by atoms with Crippen LogP contribution in [0.25, 0.3) is 0 Å². The molecule has 0 aliphatic heterocycles. The maximum atomic E-state index is 13.6. The first-order valence-corrected chi connectivity index (χ1v) is 7.73. The van der Waals surface area contributed by atoms with Gasteiger partial charge in [0.05, 0.1) is 6.04 Å². The van der Waals surface area contributed by atoms with Gasteiger partial charge in [0.1, 0.15) is 5.82 Å². The Morgan fingerprint density at radius 1 is 1.18 bits per heavy atom. The highest BCUT2D eigenvalue weighted by Crippen LogP contribution is 2.35. The molecule has 1 unspecified atom stereocenters. The Morgan fingerprint density at radius 3 is 2.73 bits per heavy atom. The minimum atomic E-state index is -0.232. The second kappa shape index (κ2) is 6.30. The molecular formula is C19H20FNO. The summed E-state index contributed by atoms with van der Waals surface area (Å²) in [5.74, 6) is -0.158. The van der Waals surface area contributed by atoms with Crippen LogP contribution in [0.3, 0.4) is 0 Å². The number of nitrogens with zero attached hydrogens (tertiary/aromatic N) is 1. The second-order valence-electron chi connectivity index (χ2n) is 5.85. The van der Waals surface area contributed by atoms with E-state index in [1.165, 1.54) is 17.2 Å². The van der Waals surface area contributed by atoms with Crippen LogP contribution in [0.4, 0.5) is 4.39 Å². The van der Waals surface area contributed by atoms with Gasteiger partial charge in [-0.15, -0.1) is 0 Å². The van der Waals surface area contributed by atoms with Crippen molar-refractivity contribution in [2.45, 2.75) is 31.7 Å². The Labute approximate surface area is 130 Å². The zero-order chi connectivity index (χ0) is 15.5. The highest BCUT2D eigenvalue weighted by Gasteiger charge is 2.27. The van der Waals surface area contributed by atoms with Crippen LogP contribution in [0.15, 0.2) is 48.5 Å². The molecule has 1 atom stereocenters. The quantitative estimate of drug-likeness (QED) is 0.838. The molecular weight excluding hydrogens is 277 g/mol. The summed E-state index contributed by atoms with van der Waals surface area (Å²) in [6, 6.07) is 15.1. The summed E-state index contributed by atoms with van der Waals surface area (Å²) >= 11 is 0. The van der Waals surface area contributed by atoms with Crippen molar-refractivity contribution >= 4 is 5.91 Å². The molecule has 1 aliphatic rings. The van der Waals surface area contributed by atoms with E-state index in [-0.39, 0.29) is 17.8 Å². The van der Waals surface area contributed by atoms with E-state index in [0.29, 0.717) is 18.4 Å². The molecule has 0 saturated heterocycles. The minimum Gasteiger partial charge on any atom is -0.339 e. The molecule has 2 aromatic rings. The SMILES string of the molecule is CN(C(=O)CCc1ccccc1F)C1CCc2ccccc21. The summed E-state index contributed by atoms with van der Waals surface area (Å²) in [5, 5.41) is 0. The number of carbonyl (C=O) groups excluding carboxylic acids is 1. The van der Waals surface area contributed by atoms with Crippen LogP contribution < -0.4 is 0 Å². The monoisotopic (exact) mass is 297 g/mol. The lowest BCUT2D eigenvalue weighted by molar-refractivity contribution is -0.132. The first-order chi connectivity index (χ1) is 10.7. The number of fused-ring (bicyclic) bond motifs is 1. The summed E-state index contributed by atoms with van der Waals surface area (Å²) in [7, 11) is 1.86. The first-order valence-electron chi connectivity index (χ1n) is 7.73. The molecule has 114 valence electrons. The normalized spacial score (nSPS) is 16.4. The molecule has 1 amide bonds. The molecule has 1 aliphatic carbocycles. The van der Waals surface area contributed by atoms with Crippen LogP contribution >= 0.6 is 0 Å². The van der Waals surface area contributed by atoms with Gasteiger partial charge >= 0.3 is 0 Å². The number of benzene rings is 2. The van der Waals surface area contributed by atoms with E-state index in [9.17, 15) is 9.18 Å². The van der Waals surface area contributed by atoms with Crippen LogP contribution in [0.2, 0.25) is 0 Å². The van der Waals surface area contributed by atoms with Gasteiger partial charge in [0, 0.05) is 13.5 Å². The number of amides is 1. The molecule has 0 N–H and O–H groups in total. The largest absolute Gasteiger partial charge is 0.339 e. The third-order valence-electron chi connectivity index (χ3n) is 4.53.